The highest BCUT2D eigenvalue weighted by molar-refractivity contribution is 5.96. The summed E-state index contributed by atoms with van der Waals surface area (Å²) in [5.74, 6) is -7.53. The lowest BCUT2D eigenvalue weighted by Gasteiger charge is -2.54. The SMILES string of the molecule is COC(=O)/C=C1/C[C@H]2C[C@]3(O)O[C@H](C[C@@H](O)CC(=O)OC(C)(C)[C@H](O)C[C@@H]4C[C@H]5CC(=O)O[C@]5(O4)C(=O)C(C)(C)/C=C/[C@@H](C1)O2)C[C@H](OC(=O)C(C)(C)C)C3(C)C. The van der Waals surface area contributed by atoms with E-state index < -0.39 is 118 Å². The first-order valence-electron chi connectivity index (χ1n) is 20.0. The summed E-state index contributed by atoms with van der Waals surface area (Å²) in [5.41, 5.74) is -4.17. The number of carbonyl (C=O) groups is 5. The lowest BCUT2D eigenvalue weighted by Crippen LogP contribution is -2.62. The zero-order valence-corrected chi connectivity index (χ0v) is 35.0. The maximum absolute atomic E-state index is 14.4. The number of cyclic esters (lactones) is 1. The second kappa shape index (κ2) is 16.1. The molecule has 0 aromatic heterocycles. The van der Waals surface area contributed by atoms with Crippen LogP contribution in [0.3, 0.4) is 0 Å². The quantitative estimate of drug-likeness (QED) is 0.156. The molecule has 0 aliphatic carbocycles. The molecule has 3 N–H and O–H groups in total. The molecule has 6 bridgehead atoms. The Balaban J connectivity index is 1.55. The molecule has 5 aliphatic heterocycles. The molecule has 4 saturated heterocycles. The van der Waals surface area contributed by atoms with Crippen LogP contribution in [0, 0.1) is 22.2 Å². The van der Waals surface area contributed by atoms with E-state index in [4.69, 9.17) is 33.2 Å². The number of esters is 4. The number of aliphatic hydroxyl groups excluding tert-OH is 2. The highest BCUT2D eigenvalue weighted by Gasteiger charge is 2.64. The van der Waals surface area contributed by atoms with Gasteiger partial charge in [-0.1, -0.05) is 31.6 Å². The maximum atomic E-state index is 14.4. The number of carbonyl (C=O) groups excluding carboxylic acids is 5. The van der Waals surface area contributed by atoms with E-state index in [1.807, 2.05) is 0 Å². The summed E-state index contributed by atoms with van der Waals surface area (Å²) in [6.45, 7) is 14.9. The third-order valence-corrected chi connectivity index (χ3v) is 12.2. The summed E-state index contributed by atoms with van der Waals surface area (Å²) in [7, 11) is 1.26. The van der Waals surface area contributed by atoms with E-state index in [0.29, 0.717) is 5.57 Å². The minimum Gasteiger partial charge on any atom is -0.466 e. The minimum absolute atomic E-state index is 0.0479. The number of fused-ring (bicyclic) bond motifs is 5. The third kappa shape index (κ3) is 9.65. The number of rotatable bonds is 2. The Morgan fingerprint density at radius 1 is 0.842 bits per heavy atom. The van der Waals surface area contributed by atoms with Crippen molar-refractivity contribution in [3.8, 4) is 0 Å². The van der Waals surface area contributed by atoms with Gasteiger partial charge in [-0.15, -0.1) is 0 Å². The Morgan fingerprint density at radius 2 is 1.49 bits per heavy atom. The van der Waals surface area contributed by atoms with Gasteiger partial charge in [0.2, 0.25) is 5.78 Å². The Labute approximate surface area is 334 Å². The first kappa shape index (κ1) is 44.9. The number of allylic oxidation sites excluding steroid dienone is 1. The summed E-state index contributed by atoms with van der Waals surface area (Å²) < 4.78 is 41.5. The van der Waals surface area contributed by atoms with Crippen LogP contribution in [0.2, 0.25) is 0 Å². The molecule has 1 spiro atoms. The Morgan fingerprint density at radius 3 is 2.14 bits per heavy atom. The average Bonchev–Trinajstić information content (AvgIpc) is 3.56. The maximum Gasteiger partial charge on any atom is 0.330 e. The molecule has 320 valence electrons. The summed E-state index contributed by atoms with van der Waals surface area (Å²) in [5, 5.41) is 35.1. The van der Waals surface area contributed by atoms with Gasteiger partial charge in [-0.3, -0.25) is 19.2 Å². The average molecular weight is 807 g/mol. The molecule has 15 nitrogen and oxygen atoms in total. The van der Waals surface area contributed by atoms with Crippen LogP contribution in [0.15, 0.2) is 23.8 Å². The fraction of sp³-hybridized carbons (Fsp3) is 0.786. The molecule has 5 heterocycles. The van der Waals surface area contributed by atoms with Crippen LogP contribution in [0.4, 0.5) is 0 Å². The fourth-order valence-corrected chi connectivity index (χ4v) is 8.50. The lowest BCUT2D eigenvalue weighted by molar-refractivity contribution is -0.349. The molecule has 0 saturated carbocycles. The first-order chi connectivity index (χ1) is 26.2. The molecule has 0 aromatic carbocycles. The van der Waals surface area contributed by atoms with Crippen LogP contribution in [0.25, 0.3) is 0 Å². The number of Topliss-reactive ketones (excluding diaryl/α,β-unsaturated/α-hetero) is 1. The second-order valence-corrected chi connectivity index (χ2v) is 19.2. The van der Waals surface area contributed by atoms with Crippen LogP contribution >= 0.6 is 0 Å². The van der Waals surface area contributed by atoms with Gasteiger partial charge in [0.05, 0.1) is 67.4 Å². The van der Waals surface area contributed by atoms with Crippen molar-refractivity contribution in [2.75, 3.05) is 7.11 Å². The fourth-order valence-electron chi connectivity index (χ4n) is 8.50. The molecular formula is C42H62O15. The van der Waals surface area contributed by atoms with E-state index in [1.165, 1.54) is 27.0 Å². The largest absolute Gasteiger partial charge is 0.466 e. The van der Waals surface area contributed by atoms with Crippen LogP contribution in [-0.4, -0.2) is 112 Å². The molecule has 15 heteroatoms. The molecule has 0 unspecified atom stereocenters. The van der Waals surface area contributed by atoms with Crippen LogP contribution in [-0.2, 0) is 57.1 Å². The number of ether oxygens (including phenoxy) is 7. The van der Waals surface area contributed by atoms with Crippen molar-refractivity contribution in [1.29, 1.82) is 0 Å². The van der Waals surface area contributed by atoms with E-state index in [1.54, 1.807) is 60.6 Å². The van der Waals surface area contributed by atoms with Crippen molar-refractivity contribution >= 4 is 29.7 Å². The van der Waals surface area contributed by atoms with E-state index in [9.17, 15) is 39.3 Å². The number of hydrogen-bond donors (Lipinski definition) is 3. The lowest BCUT2D eigenvalue weighted by atomic mass is 9.70. The molecule has 5 aliphatic rings. The molecule has 10 atom stereocenters. The molecular weight excluding hydrogens is 744 g/mol. The van der Waals surface area contributed by atoms with Gasteiger partial charge in [-0.25, -0.2) is 4.79 Å². The molecule has 4 fully saturated rings. The van der Waals surface area contributed by atoms with Crippen LogP contribution in [0.1, 0.15) is 120 Å². The molecule has 5 rings (SSSR count). The van der Waals surface area contributed by atoms with E-state index in [-0.39, 0.29) is 51.4 Å². The second-order valence-electron chi connectivity index (χ2n) is 19.2. The molecule has 0 amide bonds. The van der Waals surface area contributed by atoms with Crippen molar-refractivity contribution in [2.45, 2.75) is 180 Å². The van der Waals surface area contributed by atoms with Gasteiger partial charge in [0.15, 0.2) is 5.79 Å². The summed E-state index contributed by atoms with van der Waals surface area (Å²) in [6, 6.07) is 0. The van der Waals surface area contributed by atoms with Crippen molar-refractivity contribution in [2.24, 2.45) is 22.2 Å². The number of methoxy groups -OCH3 is 1. The normalized spacial score (nSPS) is 39.7. The standard InChI is InChI=1S/C42H62O15/c1-37(2,3)36(49)53-31-21-28-18-25(43)19-34(47)56-40(8,9)30(44)20-27-16-24-17-33(46)57-42(24,55-27)35(48)38(4,5)12-11-26-13-23(15-32(45)51-10)14-29(52-26)22-41(50,54-28)39(31,6)7/h11-12,15,24-31,43-44,50H,13-14,16-22H2,1-10H3/b12-11+,23-15+/t24-,25+,26-,27-,28+,29-,30+,31-,41-,42-/m0/s1. The van der Waals surface area contributed by atoms with E-state index >= 15 is 0 Å². The Hall–Kier alpha value is -3.21. The molecule has 0 radical (unpaired) electrons. The predicted octanol–water partition coefficient (Wildman–Crippen LogP) is 3.91. The van der Waals surface area contributed by atoms with Crippen molar-refractivity contribution < 1.29 is 72.5 Å². The van der Waals surface area contributed by atoms with Gasteiger partial charge in [0, 0.05) is 43.1 Å². The minimum atomic E-state index is -2.03. The number of ketones is 1. The van der Waals surface area contributed by atoms with Crippen molar-refractivity contribution in [3.05, 3.63) is 23.8 Å². The van der Waals surface area contributed by atoms with Gasteiger partial charge in [-0.2, -0.15) is 0 Å². The number of hydrogen-bond acceptors (Lipinski definition) is 15. The summed E-state index contributed by atoms with van der Waals surface area (Å²) in [6.07, 6.45) is -1.94. The molecule has 0 aromatic rings. The van der Waals surface area contributed by atoms with Gasteiger partial charge in [0.1, 0.15) is 11.7 Å². The van der Waals surface area contributed by atoms with Gasteiger partial charge < -0.3 is 48.5 Å². The highest BCUT2D eigenvalue weighted by Crippen LogP contribution is 2.51. The predicted molar refractivity (Wildman–Crippen MR) is 201 cm³/mol. The van der Waals surface area contributed by atoms with E-state index in [2.05, 4.69) is 0 Å². The van der Waals surface area contributed by atoms with Crippen LogP contribution < -0.4 is 0 Å². The smallest absolute Gasteiger partial charge is 0.330 e. The van der Waals surface area contributed by atoms with E-state index in [0.717, 1.165) is 0 Å². The van der Waals surface area contributed by atoms with Crippen molar-refractivity contribution in [3.63, 3.8) is 0 Å². The topological polar surface area (TPSA) is 211 Å². The molecule has 57 heavy (non-hydrogen) atoms. The van der Waals surface area contributed by atoms with Crippen LogP contribution in [0.5, 0.6) is 0 Å². The Bertz CT molecular complexity index is 1640. The number of aliphatic hydroxyl groups is 3. The van der Waals surface area contributed by atoms with Gasteiger partial charge in [0.25, 0.3) is 5.79 Å². The third-order valence-electron chi connectivity index (χ3n) is 12.2. The monoisotopic (exact) mass is 806 g/mol. The summed E-state index contributed by atoms with van der Waals surface area (Å²) in [4.78, 5) is 66.0. The van der Waals surface area contributed by atoms with Gasteiger partial charge >= 0.3 is 23.9 Å². The van der Waals surface area contributed by atoms with Crippen molar-refractivity contribution in [1.82, 2.24) is 0 Å². The zero-order valence-electron chi connectivity index (χ0n) is 35.0. The zero-order chi connectivity index (χ0) is 42.5. The van der Waals surface area contributed by atoms with Gasteiger partial charge in [-0.05, 0) is 67.7 Å². The Kier molecular flexibility index (Phi) is 12.7. The summed E-state index contributed by atoms with van der Waals surface area (Å²) >= 11 is 0. The first-order valence-corrected chi connectivity index (χ1v) is 20.0. The highest BCUT2D eigenvalue weighted by atomic mass is 16.7.